The van der Waals surface area contributed by atoms with Crippen molar-refractivity contribution in [2.24, 2.45) is 0 Å². The van der Waals surface area contributed by atoms with Gasteiger partial charge in [-0.05, 0) is 35.9 Å². The average molecular weight is 298 g/mol. The van der Waals surface area contributed by atoms with Crippen LogP contribution in [0.4, 0.5) is 0 Å². The van der Waals surface area contributed by atoms with Gasteiger partial charge in [-0.2, -0.15) is 0 Å². The number of carbonyl (C=O) groups excluding carboxylic acids is 1. The predicted octanol–water partition coefficient (Wildman–Crippen LogP) is 3.77. The molecule has 0 spiro atoms. The summed E-state index contributed by atoms with van der Waals surface area (Å²) >= 11 is 1.66. The fraction of sp³-hybridized carbons (Fsp3) is 0.118. The summed E-state index contributed by atoms with van der Waals surface area (Å²) in [4.78, 5) is 13.5. The van der Waals surface area contributed by atoms with E-state index >= 15 is 0 Å². The highest BCUT2D eigenvalue weighted by atomic mass is 32.2. The van der Waals surface area contributed by atoms with E-state index in [9.17, 15) is 9.90 Å². The molecule has 2 aromatic carbocycles. The molecule has 0 saturated carbocycles. The Kier molecular flexibility index (Phi) is 3.71. The van der Waals surface area contributed by atoms with Gasteiger partial charge < -0.3 is 9.84 Å². The smallest absolute Gasteiger partial charge is 0.191 e. The number of thioether (sulfide) groups is 1. The molecule has 0 saturated heterocycles. The Morgan fingerprint density at radius 3 is 2.86 bits per heavy atom. The fourth-order valence-electron chi connectivity index (χ4n) is 2.27. The molecule has 1 N–H and O–H groups in total. The predicted molar refractivity (Wildman–Crippen MR) is 84.1 cm³/mol. The third-order valence-corrected chi connectivity index (χ3v) is 4.47. The van der Waals surface area contributed by atoms with Crippen LogP contribution in [0.25, 0.3) is 6.08 Å². The molecule has 0 unspecified atom stereocenters. The second-order valence-electron chi connectivity index (χ2n) is 4.71. The molecular formula is C17H14O3S. The summed E-state index contributed by atoms with van der Waals surface area (Å²) in [6.45, 7) is 0. The van der Waals surface area contributed by atoms with Gasteiger partial charge in [0.25, 0.3) is 0 Å². The molecule has 0 radical (unpaired) electrons. The maximum atomic E-state index is 12.5. The first-order valence-electron chi connectivity index (χ1n) is 6.53. The van der Waals surface area contributed by atoms with Crippen molar-refractivity contribution in [2.45, 2.75) is 4.90 Å². The normalized spacial score (nSPS) is 15.9. The Balaban J connectivity index is 1.96. The number of methoxy groups -OCH3 is 1. The van der Waals surface area contributed by atoms with Crippen LogP contribution in [-0.2, 0) is 0 Å². The van der Waals surface area contributed by atoms with E-state index < -0.39 is 0 Å². The standard InChI is InChI=1S/C17H14O3S/c1-20-15-9-11(6-7-14(15)18)8-12-10-21-16-5-3-2-4-13(16)17(12)19/h2-9,18H,10H2,1H3/b12-8+. The van der Waals surface area contributed by atoms with Crippen LogP contribution in [0.3, 0.4) is 0 Å². The zero-order valence-electron chi connectivity index (χ0n) is 11.5. The largest absolute Gasteiger partial charge is 0.504 e. The Morgan fingerprint density at radius 2 is 2.05 bits per heavy atom. The molecule has 0 aliphatic carbocycles. The first-order chi connectivity index (χ1) is 10.2. The Labute approximate surface area is 127 Å². The summed E-state index contributed by atoms with van der Waals surface area (Å²) in [7, 11) is 1.50. The van der Waals surface area contributed by atoms with Gasteiger partial charge in [0.2, 0.25) is 0 Å². The lowest BCUT2D eigenvalue weighted by Gasteiger charge is -2.16. The van der Waals surface area contributed by atoms with E-state index in [2.05, 4.69) is 0 Å². The van der Waals surface area contributed by atoms with E-state index in [1.54, 1.807) is 30.0 Å². The van der Waals surface area contributed by atoms with Crippen LogP contribution < -0.4 is 4.74 Å². The van der Waals surface area contributed by atoms with Gasteiger partial charge in [-0.1, -0.05) is 18.2 Å². The Hall–Kier alpha value is -2.20. The number of hydrogen-bond donors (Lipinski definition) is 1. The van der Waals surface area contributed by atoms with Gasteiger partial charge in [-0.3, -0.25) is 4.79 Å². The topological polar surface area (TPSA) is 46.5 Å². The second kappa shape index (κ2) is 5.66. The molecule has 21 heavy (non-hydrogen) atoms. The first kappa shape index (κ1) is 13.8. The molecule has 0 atom stereocenters. The molecule has 3 rings (SSSR count). The highest BCUT2D eigenvalue weighted by molar-refractivity contribution is 7.99. The molecular weight excluding hydrogens is 284 g/mol. The molecule has 0 amide bonds. The third-order valence-electron chi connectivity index (χ3n) is 3.35. The average Bonchev–Trinajstić information content (AvgIpc) is 2.52. The third kappa shape index (κ3) is 2.67. The number of hydrogen-bond acceptors (Lipinski definition) is 4. The summed E-state index contributed by atoms with van der Waals surface area (Å²) < 4.78 is 5.09. The Bertz CT molecular complexity index is 735. The maximum absolute atomic E-state index is 12.5. The summed E-state index contributed by atoms with van der Waals surface area (Å²) in [5.41, 5.74) is 2.35. The van der Waals surface area contributed by atoms with Crippen molar-refractivity contribution in [1.82, 2.24) is 0 Å². The number of ketones is 1. The molecule has 3 nitrogen and oxygen atoms in total. The SMILES string of the molecule is COc1cc(/C=C2\CSc3ccccc3C2=O)ccc1O. The number of fused-ring (bicyclic) bond motifs is 1. The van der Waals surface area contributed by atoms with Gasteiger partial charge >= 0.3 is 0 Å². The summed E-state index contributed by atoms with van der Waals surface area (Å²) in [6.07, 6.45) is 1.85. The first-order valence-corrected chi connectivity index (χ1v) is 7.51. The number of rotatable bonds is 2. The number of phenolic OH excluding ortho intramolecular Hbond substituents is 1. The van der Waals surface area contributed by atoms with Crippen LogP contribution >= 0.6 is 11.8 Å². The molecule has 1 heterocycles. The van der Waals surface area contributed by atoms with Crippen LogP contribution in [0.2, 0.25) is 0 Å². The monoisotopic (exact) mass is 298 g/mol. The quantitative estimate of drug-likeness (QED) is 0.857. The minimum Gasteiger partial charge on any atom is -0.504 e. The van der Waals surface area contributed by atoms with Crippen molar-refractivity contribution < 1.29 is 14.6 Å². The van der Waals surface area contributed by atoms with Crippen molar-refractivity contribution in [2.75, 3.05) is 12.9 Å². The lowest BCUT2D eigenvalue weighted by molar-refractivity contribution is 0.103. The van der Waals surface area contributed by atoms with E-state index in [1.165, 1.54) is 7.11 Å². The van der Waals surface area contributed by atoms with Crippen LogP contribution in [0.15, 0.2) is 52.9 Å². The highest BCUT2D eigenvalue weighted by Gasteiger charge is 2.21. The number of phenols is 1. The number of ether oxygens (including phenoxy) is 1. The van der Waals surface area contributed by atoms with Crippen molar-refractivity contribution in [3.8, 4) is 11.5 Å². The number of benzene rings is 2. The van der Waals surface area contributed by atoms with Crippen LogP contribution in [0, 0.1) is 0 Å². The van der Waals surface area contributed by atoms with Crippen molar-refractivity contribution in [3.63, 3.8) is 0 Å². The minimum absolute atomic E-state index is 0.0661. The summed E-state index contributed by atoms with van der Waals surface area (Å²) in [5, 5.41) is 9.61. The second-order valence-corrected chi connectivity index (χ2v) is 5.73. The van der Waals surface area contributed by atoms with Gasteiger partial charge in [0.15, 0.2) is 17.3 Å². The molecule has 0 fully saturated rings. The molecule has 106 valence electrons. The van der Waals surface area contributed by atoms with Crippen molar-refractivity contribution in [3.05, 3.63) is 59.2 Å². The molecule has 1 aliphatic heterocycles. The molecule has 0 bridgehead atoms. The van der Waals surface area contributed by atoms with Crippen LogP contribution in [-0.4, -0.2) is 23.8 Å². The lowest BCUT2D eigenvalue weighted by Crippen LogP contribution is -2.12. The zero-order chi connectivity index (χ0) is 14.8. The highest BCUT2D eigenvalue weighted by Crippen LogP contribution is 2.34. The van der Waals surface area contributed by atoms with Gasteiger partial charge in [0.05, 0.1) is 7.11 Å². The Morgan fingerprint density at radius 1 is 1.24 bits per heavy atom. The van der Waals surface area contributed by atoms with Gasteiger partial charge in [0.1, 0.15) is 0 Å². The maximum Gasteiger partial charge on any atom is 0.191 e. The van der Waals surface area contributed by atoms with Crippen LogP contribution in [0.5, 0.6) is 11.5 Å². The van der Waals surface area contributed by atoms with Gasteiger partial charge in [0, 0.05) is 21.8 Å². The van der Waals surface area contributed by atoms with Crippen LogP contribution in [0.1, 0.15) is 15.9 Å². The number of Topliss-reactive ketones (excluding diaryl/α,β-unsaturated/α-hetero) is 1. The van der Waals surface area contributed by atoms with Crippen molar-refractivity contribution >= 4 is 23.6 Å². The molecule has 0 aromatic heterocycles. The zero-order valence-corrected chi connectivity index (χ0v) is 12.3. The lowest BCUT2D eigenvalue weighted by atomic mass is 10.0. The van der Waals surface area contributed by atoms with Gasteiger partial charge in [-0.15, -0.1) is 11.8 Å². The molecule has 2 aromatic rings. The number of carbonyl (C=O) groups is 1. The van der Waals surface area contributed by atoms with E-state index in [-0.39, 0.29) is 11.5 Å². The van der Waals surface area contributed by atoms with Gasteiger partial charge in [-0.25, -0.2) is 0 Å². The molecule has 4 heteroatoms. The fourth-order valence-corrected chi connectivity index (χ4v) is 3.28. The van der Waals surface area contributed by atoms with E-state index in [4.69, 9.17) is 4.74 Å². The van der Waals surface area contributed by atoms with E-state index in [1.807, 2.05) is 30.3 Å². The summed E-state index contributed by atoms with van der Waals surface area (Å²) in [5.74, 6) is 1.21. The van der Waals surface area contributed by atoms with E-state index in [0.717, 1.165) is 21.6 Å². The molecule has 1 aliphatic rings. The van der Waals surface area contributed by atoms with E-state index in [0.29, 0.717) is 11.5 Å². The van der Waals surface area contributed by atoms with Crippen molar-refractivity contribution in [1.29, 1.82) is 0 Å². The summed E-state index contributed by atoms with van der Waals surface area (Å²) in [6, 6.07) is 12.7. The number of aromatic hydroxyl groups is 1. The minimum atomic E-state index is 0.0661.